The van der Waals surface area contributed by atoms with Gasteiger partial charge in [-0.25, -0.2) is 0 Å². The van der Waals surface area contributed by atoms with E-state index >= 15 is 0 Å². The minimum Gasteiger partial charge on any atom is -0.461 e. The number of methoxy groups -OCH3 is 1. The van der Waals surface area contributed by atoms with Crippen molar-refractivity contribution in [1.29, 1.82) is 0 Å². The van der Waals surface area contributed by atoms with E-state index in [0.29, 0.717) is 36.3 Å². The summed E-state index contributed by atoms with van der Waals surface area (Å²) in [4.78, 5) is 22.9. The van der Waals surface area contributed by atoms with Gasteiger partial charge in [0.2, 0.25) is 17.6 Å². The third-order valence-corrected chi connectivity index (χ3v) is 3.94. The van der Waals surface area contributed by atoms with Gasteiger partial charge in [-0.15, -0.1) is 10.2 Å². The lowest BCUT2D eigenvalue weighted by atomic mass is 10.4. The van der Waals surface area contributed by atoms with Gasteiger partial charge in [0.25, 0.3) is 0 Å². The van der Waals surface area contributed by atoms with Crippen LogP contribution in [0.2, 0.25) is 0 Å². The number of rotatable bonds is 8. The average molecular weight is 353 g/mol. The number of carbonyl (C=O) groups excluding carboxylic acids is 2. The first kappa shape index (κ1) is 18.0. The van der Waals surface area contributed by atoms with Crippen molar-refractivity contribution in [3.8, 4) is 11.6 Å². The highest BCUT2D eigenvalue weighted by atomic mass is 32.2. The van der Waals surface area contributed by atoms with E-state index in [1.165, 1.54) is 11.8 Å². The Morgan fingerprint density at radius 3 is 2.79 bits per heavy atom. The van der Waals surface area contributed by atoms with Crippen LogP contribution in [-0.2, 0) is 20.9 Å². The van der Waals surface area contributed by atoms with E-state index in [1.54, 1.807) is 32.4 Å². The lowest BCUT2D eigenvalue weighted by molar-refractivity contribution is -0.127. The summed E-state index contributed by atoms with van der Waals surface area (Å²) in [6.45, 7) is 2.69. The molecule has 0 saturated carbocycles. The summed E-state index contributed by atoms with van der Waals surface area (Å²) < 4.78 is 12.3. The maximum Gasteiger partial charge on any atom is 0.248 e. The van der Waals surface area contributed by atoms with Crippen molar-refractivity contribution in [2.75, 3.05) is 19.5 Å². The predicted molar refractivity (Wildman–Crippen MR) is 86.9 cm³/mol. The van der Waals surface area contributed by atoms with Gasteiger partial charge in [0.15, 0.2) is 10.9 Å². The van der Waals surface area contributed by atoms with Gasteiger partial charge in [0.05, 0.1) is 25.2 Å². The smallest absolute Gasteiger partial charge is 0.248 e. The predicted octanol–water partition coefficient (Wildman–Crippen LogP) is 0.834. The normalized spacial score (nSPS) is 10.6. The maximum atomic E-state index is 11.8. The van der Waals surface area contributed by atoms with Gasteiger partial charge >= 0.3 is 0 Å². The third kappa shape index (κ3) is 4.83. The Bertz CT molecular complexity index is 671. The number of furan rings is 1. The molecule has 9 nitrogen and oxygen atoms in total. The fourth-order valence-electron chi connectivity index (χ4n) is 1.76. The molecule has 0 unspecified atom stereocenters. The molecule has 130 valence electrons. The molecule has 2 N–H and O–H groups in total. The zero-order chi connectivity index (χ0) is 17.4. The first-order valence-electron chi connectivity index (χ1n) is 7.32. The summed E-state index contributed by atoms with van der Waals surface area (Å²) in [6, 6.07) is 3.55. The summed E-state index contributed by atoms with van der Waals surface area (Å²) in [7, 11) is 1.60. The number of carbonyl (C=O) groups is 2. The SMILES string of the molecule is CCC(=O)NNC(=O)CSc1nnc(-c2ccco2)n1CCOC. The molecule has 0 saturated heterocycles. The summed E-state index contributed by atoms with van der Waals surface area (Å²) >= 11 is 1.21. The van der Waals surface area contributed by atoms with Crippen molar-refractivity contribution in [2.24, 2.45) is 0 Å². The molecule has 0 aliphatic heterocycles. The Morgan fingerprint density at radius 1 is 1.33 bits per heavy atom. The van der Waals surface area contributed by atoms with Crippen molar-refractivity contribution in [2.45, 2.75) is 25.0 Å². The highest BCUT2D eigenvalue weighted by Gasteiger charge is 2.17. The molecule has 2 amide bonds. The van der Waals surface area contributed by atoms with E-state index < -0.39 is 0 Å². The van der Waals surface area contributed by atoms with E-state index in [0.717, 1.165) is 0 Å². The number of thioether (sulfide) groups is 1. The molecule has 0 fully saturated rings. The molecule has 2 aromatic rings. The molecular formula is C14H19N5O4S. The Labute approximate surface area is 143 Å². The standard InChI is InChI=1S/C14H19N5O4S/c1-3-11(20)15-16-12(21)9-24-14-18-17-13(10-5-4-7-23-10)19(14)6-8-22-2/h4-5,7H,3,6,8-9H2,1-2H3,(H,15,20)(H,16,21). The molecule has 0 atom stereocenters. The topological polar surface area (TPSA) is 111 Å². The minimum atomic E-state index is -0.331. The molecule has 0 aromatic carbocycles. The Kier molecular flexibility index (Phi) is 6.82. The average Bonchev–Trinajstić information content (AvgIpc) is 3.24. The van der Waals surface area contributed by atoms with Crippen LogP contribution < -0.4 is 10.9 Å². The Balaban J connectivity index is 2.01. The molecule has 0 spiro atoms. The maximum absolute atomic E-state index is 11.8. The van der Waals surface area contributed by atoms with Crippen LogP contribution in [-0.4, -0.2) is 46.0 Å². The molecule has 0 aliphatic rings. The molecule has 10 heteroatoms. The number of hydrazine groups is 1. The van der Waals surface area contributed by atoms with Gasteiger partial charge in [-0.3, -0.25) is 25.0 Å². The van der Waals surface area contributed by atoms with E-state index in [-0.39, 0.29) is 17.6 Å². The van der Waals surface area contributed by atoms with Crippen LogP contribution in [0.15, 0.2) is 28.0 Å². The molecule has 2 rings (SSSR count). The van der Waals surface area contributed by atoms with Crippen LogP contribution in [0.1, 0.15) is 13.3 Å². The fraction of sp³-hybridized carbons (Fsp3) is 0.429. The minimum absolute atomic E-state index is 0.0905. The molecule has 0 aliphatic carbocycles. The summed E-state index contributed by atoms with van der Waals surface area (Å²) in [6.07, 6.45) is 1.85. The largest absolute Gasteiger partial charge is 0.461 e. The molecule has 24 heavy (non-hydrogen) atoms. The molecule has 2 heterocycles. The molecule has 0 bridgehead atoms. The fourth-order valence-corrected chi connectivity index (χ4v) is 2.53. The number of ether oxygens (including phenoxy) is 1. The van der Waals surface area contributed by atoms with E-state index in [2.05, 4.69) is 21.0 Å². The van der Waals surface area contributed by atoms with Gasteiger partial charge in [-0.05, 0) is 12.1 Å². The zero-order valence-electron chi connectivity index (χ0n) is 13.4. The second kappa shape index (κ2) is 9.08. The molecule has 2 aromatic heterocycles. The summed E-state index contributed by atoms with van der Waals surface area (Å²) in [5, 5.41) is 8.78. The van der Waals surface area contributed by atoms with Crippen LogP contribution in [0.4, 0.5) is 0 Å². The van der Waals surface area contributed by atoms with Crippen LogP contribution in [0.5, 0.6) is 0 Å². The highest BCUT2D eigenvalue weighted by molar-refractivity contribution is 7.99. The second-order valence-corrected chi connectivity index (χ2v) is 5.61. The first-order valence-corrected chi connectivity index (χ1v) is 8.30. The first-order chi connectivity index (χ1) is 11.7. The number of hydrogen-bond acceptors (Lipinski definition) is 7. The van der Waals surface area contributed by atoms with E-state index in [4.69, 9.17) is 9.15 Å². The van der Waals surface area contributed by atoms with Crippen molar-refractivity contribution < 1.29 is 18.7 Å². The summed E-state index contributed by atoms with van der Waals surface area (Å²) in [5.41, 5.74) is 4.66. The second-order valence-electron chi connectivity index (χ2n) is 4.67. The van der Waals surface area contributed by atoms with Crippen LogP contribution in [0.25, 0.3) is 11.6 Å². The Morgan fingerprint density at radius 2 is 2.12 bits per heavy atom. The Hall–Kier alpha value is -2.33. The van der Waals surface area contributed by atoms with Crippen molar-refractivity contribution >= 4 is 23.6 Å². The number of nitrogens with zero attached hydrogens (tertiary/aromatic N) is 3. The lowest BCUT2D eigenvalue weighted by Gasteiger charge is -2.09. The molecule has 0 radical (unpaired) electrons. The monoisotopic (exact) mass is 353 g/mol. The number of nitrogens with one attached hydrogen (secondary N) is 2. The van der Waals surface area contributed by atoms with E-state index in [9.17, 15) is 9.59 Å². The summed E-state index contributed by atoms with van der Waals surface area (Å²) in [5.74, 6) is 0.663. The molecular weight excluding hydrogens is 334 g/mol. The van der Waals surface area contributed by atoms with Crippen molar-refractivity contribution in [3.63, 3.8) is 0 Å². The highest BCUT2D eigenvalue weighted by Crippen LogP contribution is 2.24. The van der Waals surface area contributed by atoms with Crippen molar-refractivity contribution in [3.05, 3.63) is 18.4 Å². The van der Waals surface area contributed by atoms with Gasteiger partial charge in [-0.1, -0.05) is 18.7 Å². The number of hydrogen-bond donors (Lipinski definition) is 2. The zero-order valence-corrected chi connectivity index (χ0v) is 14.3. The van der Waals surface area contributed by atoms with Crippen molar-refractivity contribution in [1.82, 2.24) is 25.6 Å². The van der Waals surface area contributed by atoms with Gasteiger partial charge in [0.1, 0.15) is 0 Å². The quantitative estimate of drug-likeness (QED) is 0.534. The van der Waals surface area contributed by atoms with Gasteiger partial charge < -0.3 is 9.15 Å². The van der Waals surface area contributed by atoms with Crippen LogP contribution in [0.3, 0.4) is 0 Å². The van der Waals surface area contributed by atoms with Crippen LogP contribution >= 0.6 is 11.8 Å². The lowest BCUT2D eigenvalue weighted by Crippen LogP contribution is -2.42. The number of aromatic nitrogens is 3. The third-order valence-electron chi connectivity index (χ3n) is 2.97. The van der Waals surface area contributed by atoms with Gasteiger partial charge in [0, 0.05) is 13.5 Å². The van der Waals surface area contributed by atoms with Crippen LogP contribution in [0, 0.1) is 0 Å². The van der Waals surface area contributed by atoms with E-state index in [1.807, 2.05) is 4.57 Å². The van der Waals surface area contributed by atoms with Gasteiger partial charge in [-0.2, -0.15) is 0 Å². The number of amides is 2.